The summed E-state index contributed by atoms with van der Waals surface area (Å²) in [5.74, 6) is 0.286. The Morgan fingerprint density at radius 2 is 1.79 bits per heavy atom. The molecule has 0 aromatic carbocycles. The van der Waals surface area contributed by atoms with Crippen LogP contribution in [0.15, 0.2) is 0 Å². The maximum absolute atomic E-state index is 11.6. The first-order chi connectivity index (χ1) is 9.00. The van der Waals surface area contributed by atoms with Gasteiger partial charge in [-0.3, -0.25) is 9.59 Å². The largest absolute Gasteiger partial charge is 0.354 e. The van der Waals surface area contributed by atoms with Crippen molar-refractivity contribution in [1.82, 2.24) is 10.6 Å². The monoisotopic (exact) mass is 269 g/mol. The molecular formula is C14H27N3O2. The summed E-state index contributed by atoms with van der Waals surface area (Å²) in [6.45, 7) is 4.51. The highest BCUT2D eigenvalue weighted by Crippen LogP contribution is 2.22. The Labute approximate surface area is 115 Å². The third kappa shape index (κ3) is 6.05. The van der Waals surface area contributed by atoms with Gasteiger partial charge in [0.1, 0.15) is 0 Å². The van der Waals surface area contributed by atoms with Crippen LogP contribution in [-0.2, 0) is 9.59 Å². The maximum atomic E-state index is 11.6. The molecule has 0 saturated heterocycles. The lowest BCUT2D eigenvalue weighted by Gasteiger charge is -2.22. The molecule has 5 heteroatoms. The fourth-order valence-electron chi connectivity index (χ4n) is 2.30. The highest BCUT2D eigenvalue weighted by atomic mass is 16.2. The topological polar surface area (TPSA) is 84.2 Å². The fraction of sp³-hybridized carbons (Fsp3) is 0.857. The van der Waals surface area contributed by atoms with Crippen molar-refractivity contribution in [2.24, 2.45) is 17.6 Å². The minimum absolute atomic E-state index is 0.0198. The number of rotatable bonds is 6. The molecule has 0 unspecified atom stereocenters. The number of nitrogens with one attached hydrogen (secondary N) is 2. The molecule has 1 aliphatic carbocycles. The van der Waals surface area contributed by atoms with Crippen molar-refractivity contribution in [3.05, 3.63) is 0 Å². The summed E-state index contributed by atoms with van der Waals surface area (Å²) in [6, 6.07) is -0.550. The van der Waals surface area contributed by atoms with Gasteiger partial charge in [-0.15, -0.1) is 0 Å². The molecule has 5 nitrogen and oxygen atoms in total. The van der Waals surface area contributed by atoms with Crippen LogP contribution in [0.5, 0.6) is 0 Å². The van der Waals surface area contributed by atoms with Crippen molar-refractivity contribution in [1.29, 1.82) is 0 Å². The van der Waals surface area contributed by atoms with Gasteiger partial charge in [-0.2, -0.15) is 0 Å². The first-order valence-electron chi connectivity index (χ1n) is 7.30. The standard InChI is InChI=1S/C14H27N3O2/c1-10(2)13(15)14(19)17-9-12(18)16-8-11-6-4-3-5-7-11/h10-11,13H,3-9,15H2,1-2H3,(H,16,18)(H,17,19)/t13-/m0/s1. The van der Waals surface area contributed by atoms with Gasteiger partial charge in [-0.25, -0.2) is 0 Å². The summed E-state index contributed by atoms with van der Waals surface area (Å²) in [6.07, 6.45) is 6.24. The van der Waals surface area contributed by atoms with Gasteiger partial charge in [0.2, 0.25) is 11.8 Å². The van der Waals surface area contributed by atoms with Crippen LogP contribution < -0.4 is 16.4 Å². The Morgan fingerprint density at radius 3 is 2.37 bits per heavy atom. The van der Waals surface area contributed by atoms with Gasteiger partial charge in [-0.05, 0) is 24.7 Å². The smallest absolute Gasteiger partial charge is 0.239 e. The zero-order chi connectivity index (χ0) is 14.3. The molecule has 4 N–H and O–H groups in total. The van der Waals surface area contributed by atoms with Gasteiger partial charge in [0.15, 0.2) is 0 Å². The highest BCUT2D eigenvalue weighted by molar-refractivity contribution is 5.87. The molecule has 1 atom stereocenters. The average molecular weight is 269 g/mol. The van der Waals surface area contributed by atoms with E-state index in [0.29, 0.717) is 5.92 Å². The summed E-state index contributed by atoms with van der Waals surface area (Å²) in [5.41, 5.74) is 5.69. The number of carbonyl (C=O) groups excluding carboxylic acids is 2. The second-order valence-corrected chi connectivity index (χ2v) is 5.80. The third-order valence-electron chi connectivity index (χ3n) is 3.76. The van der Waals surface area contributed by atoms with E-state index >= 15 is 0 Å². The fourth-order valence-corrected chi connectivity index (χ4v) is 2.30. The number of hydrogen-bond acceptors (Lipinski definition) is 3. The van der Waals surface area contributed by atoms with Gasteiger partial charge >= 0.3 is 0 Å². The minimum Gasteiger partial charge on any atom is -0.354 e. The first kappa shape index (κ1) is 16.0. The van der Waals surface area contributed by atoms with E-state index in [1.54, 1.807) is 0 Å². The Balaban J connectivity index is 2.15. The van der Waals surface area contributed by atoms with Crippen molar-refractivity contribution in [3.63, 3.8) is 0 Å². The molecule has 0 aromatic heterocycles. The van der Waals surface area contributed by atoms with E-state index in [0.717, 1.165) is 6.54 Å². The predicted molar refractivity (Wildman–Crippen MR) is 75.4 cm³/mol. The molecule has 19 heavy (non-hydrogen) atoms. The Morgan fingerprint density at radius 1 is 1.16 bits per heavy atom. The molecule has 1 rings (SSSR count). The Bertz CT molecular complexity index is 299. The van der Waals surface area contributed by atoms with Crippen molar-refractivity contribution in [2.75, 3.05) is 13.1 Å². The van der Waals surface area contributed by atoms with E-state index in [9.17, 15) is 9.59 Å². The average Bonchev–Trinajstić information content (AvgIpc) is 2.42. The van der Waals surface area contributed by atoms with Gasteiger partial charge in [0, 0.05) is 6.54 Å². The van der Waals surface area contributed by atoms with Crippen LogP contribution in [0.1, 0.15) is 46.0 Å². The molecular weight excluding hydrogens is 242 g/mol. The van der Waals surface area contributed by atoms with E-state index in [1.807, 2.05) is 13.8 Å². The molecule has 2 amide bonds. The lowest BCUT2D eigenvalue weighted by molar-refractivity contribution is -0.127. The first-order valence-corrected chi connectivity index (χ1v) is 7.30. The molecule has 1 fully saturated rings. The molecule has 1 saturated carbocycles. The lowest BCUT2D eigenvalue weighted by Crippen LogP contribution is -2.47. The lowest BCUT2D eigenvalue weighted by atomic mass is 9.89. The number of carbonyl (C=O) groups is 2. The third-order valence-corrected chi connectivity index (χ3v) is 3.76. The second kappa shape index (κ2) is 8.15. The molecule has 110 valence electrons. The van der Waals surface area contributed by atoms with Gasteiger partial charge in [0.05, 0.1) is 12.6 Å². The number of hydrogen-bond donors (Lipinski definition) is 3. The Kier molecular flexibility index (Phi) is 6.84. The zero-order valence-corrected chi connectivity index (χ0v) is 12.1. The van der Waals surface area contributed by atoms with Crippen molar-refractivity contribution < 1.29 is 9.59 Å². The molecule has 0 heterocycles. The van der Waals surface area contributed by atoms with Crippen molar-refractivity contribution in [2.45, 2.75) is 52.0 Å². The predicted octanol–water partition coefficient (Wildman–Crippen LogP) is 0.782. The normalized spacial score (nSPS) is 18.1. The zero-order valence-electron chi connectivity index (χ0n) is 12.1. The van der Waals surface area contributed by atoms with Crippen LogP contribution in [0, 0.1) is 11.8 Å². The van der Waals surface area contributed by atoms with E-state index in [2.05, 4.69) is 10.6 Å². The molecule has 1 aliphatic rings. The second-order valence-electron chi connectivity index (χ2n) is 5.80. The maximum Gasteiger partial charge on any atom is 0.239 e. The van der Waals surface area contributed by atoms with E-state index in [1.165, 1.54) is 32.1 Å². The molecule has 0 aromatic rings. The van der Waals surface area contributed by atoms with Crippen LogP contribution in [0.25, 0.3) is 0 Å². The van der Waals surface area contributed by atoms with Gasteiger partial charge in [-0.1, -0.05) is 33.1 Å². The van der Waals surface area contributed by atoms with Crippen LogP contribution in [0.4, 0.5) is 0 Å². The summed E-state index contributed by atoms with van der Waals surface area (Å²) in [7, 11) is 0. The molecule has 0 aliphatic heterocycles. The number of amides is 2. The van der Waals surface area contributed by atoms with E-state index < -0.39 is 6.04 Å². The summed E-state index contributed by atoms with van der Waals surface area (Å²) in [5, 5.41) is 5.46. The van der Waals surface area contributed by atoms with Crippen molar-refractivity contribution in [3.8, 4) is 0 Å². The molecule has 0 radical (unpaired) electrons. The van der Waals surface area contributed by atoms with Crippen LogP contribution in [0.2, 0.25) is 0 Å². The quantitative estimate of drug-likeness (QED) is 0.666. The van der Waals surface area contributed by atoms with Crippen LogP contribution in [-0.4, -0.2) is 30.9 Å². The van der Waals surface area contributed by atoms with Gasteiger partial charge in [0.25, 0.3) is 0 Å². The SMILES string of the molecule is CC(C)[C@H](N)C(=O)NCC(=O)NCC1CCCCC1. The highest BCUT2D eigenvalue weighted by Gasteiger charge is 2.18. The number of nitrogens with two attached hydrogens (primary N) is 1. The van der Waals surface area contributed by atoms with Crippen LogP contribution in [0.3, 0.4) is 0 Å². The molecule has 0 spiro atoms. The van der Waals surface area contributed by atoms with Gasteiger partial charge < -0.3 is 16.4 Å². The van der Waals surface area contributed by atoms with E-state index in [4.69, 9.17) is 5.73 Å². The van der Waals surface area contributed by atoms with Crippen molar-refractivity contribution >= 4 is 11.8 Å². The Hall–Kier alpha value is -1.10. The minimum atomic E-state index is -0.550. The van der Waals surface area contributed by atoms with E-state index in [-0.39, 0.29) is 24.3 Å². The van der Waals surface area contributed by atoms with Crippen LogP contribution >= 0.6 is 0 Å². The summed E-state index contributed by atoms with van der Waals surface area (Å²) < 4.78 is 0. The summed E-state index contributed by atoms with van der Waals surface area (Å²) in [4.78, 5) is 23.2. The summed E-state index contributed by atoms with van der Waals surface area (Å²) >= 11 is 0. The molecule has 0 bridgehead atoms.